The summed E-state index contributed by atoms with van der Waals surface area (Å²) in [5.74, 6) is 0.665. The lowest BCUT2D eigenvalue weighted by Crippen LogP contribution is -2.06. The van der Waals surface area contributed by atoms with Gasteiger partial charge < -0.3 is 5.73 Å². The van der Waals surface area contributed by atoms with Gasteiger partial charge in [0, 0.05) is 17.8 Å². The van der Waals surface area contributed by atoms with Gasteiger partial charge in [-0.3, -0.25) is 4.98 Å². The van der Waals surface area contributed by atoms with Gasteiger partial charge in [-0.25, -0.2) is 4.68 Å². The smallest absolute Gasteiger partial charge is 0.122 e. The number of nitrogens with two attached hydrogens (primary N) is 1. The lowest BCUT2D eigenvalue weighted by molar-refractivity contribution is 0.699. The van der Waals surface area contributed by atoms with Crippen LogP contribution in [-0.2, 0) is 6.54 Å². The molecule has 0 radical (unpaired) electrons. The van der Waals surface area contributed by atoms with Crippen molar-refractivity contribution in [3.05, 3.63) is 54.5 Å². The number of nitrogens with zero attached hydrogens (tertiary/aromatic N) is 3. The van der Waals surface area contributed by atoms with E-state index in [4.69, 9.17) is 5.73 Å². The van der Waals surface area contributed by atoms with Crippen LogP contribution >= 0.6 is 0 Å². The van der Waals surface area contributed by atoms with Crippen molar-refractivity contribution >= 4 is 16.6 Å². The van der Waals surface area contributed by atoms with Gasteiger partial charge in [-0.15, -0.1) is 0 Å². The van der Waals surface area contributed by atoms with Crippen LogP contribution in [0, 0.1) is 0 Å². The third-order valence-corrected chi connectivity index (χ3v) is 2.82. The number of benzene rings is 1. The Kier molecular flexibility index (Phi) is 2.26. The van der Waals surface area contributed by atoms with Crippen molar-refractivity contribution in [2.45, 2.75) is 6.54 Å². The van der Waals surface area contributed by atoms with Crippen LogP contribution in [0.25, 0.3) is 10.8 Å². The Morgan fingerprint density at radius 1 is 1.12 bits per heavy atom. The van der Waals surface area contributed by atoms with Crippen LogP contribution in [0.2, 0.25) is 0 Å². The molecule has 0 amide bonds. The normalized spacial score (nSPS) is 10.8. The van der Waals surface area contributed by atoms with Crippen LogP contribution in [0.15, 0.2) is 48.9 Å². The second-order valence-corrected chi connectivity index (χ2v) is 3.93. The number of fused-ring (bicyclic) bond motifs is 1. The maximum Gasteiger partial charge on any atom is 0.122 e. The molecule has 0 aliphatic carbocycles. The first kappa shape index (κ1) is 9.84. The number of pyridine rings is 1. The summed E-state index contributed by atoms with van der Waals surface area (Å²) in [6, 6.07) is 9.97. The molecule has 4 nitrogen and oxygen atoms in total. The van der Waals surface area contributed by atoms with Crippen molar-refractivity contribution in [2.24, 2.45) is 0 Å². The van der Waals surface area contributed by atoms with Gasteiger partial charge >= 0.3 is 0 Å². The van der Waals surface area contributed by atoms with E-state index in [9.17, 15) is 0 Å². The fraction of sp³-hybridized carbons (Fsp3) is 0.0769. The molecule has 84 valence electrons. The van der Waals surface area contributed by atoms with E-state index in [2.05, 4.69) is 22.2 Å². The summed E-state index contributed by atoms with van der Waals surface area (Å²) in [5.41, 5.74) is 6.94. The molecule has 0 atom stereocenters. The molecule has 3 rings (SSSR count). The fourth-order valence-corrected chi connectivity index (χ4v) is 1.94. The number of hydrogen-bond acceptors (Lipinski definition) is 3. The summed E-state index contributed by atoms with van der Waals surface area (Å²) in [6.07, 6.45) is 5.43. The standard InChI is InChI=1S/C13H12N4/c14-13-5-6-16-17(13)9-11-8-15-7-10-3-1-2-4-12(10)11/h1-8H,9,14H2. The zero-order valence-corrected chi connectivity index (χ0v) is 9.24. The van der Waals surface area contributed by atoms with Crippen molar-refractivity contribution in [3.63, 3.8) is 0 Å². The average molecular weight is 224 g/mol. The number of anilines is 1. The molecule has 1 aromatic carbocycles. The third-order valence-electron chi connectivity index (χ3n) is 2.82. The zero-order chi connectivity index (χ0) is 11.7. The molecule has 0 aliphatic heterocycles. The minimum atomic E-state index is 0.646. The first-order valence-corrected chi connectivity index (χ1v) is 5.43. The third kappa shape index (κ3) is 1.73. The van der Waals surface area contributed by atoms with Crippen molar-refractivity contribution in [3.8, 4) is 0 Å². The molecule has 0 fully saturated rings. The van der Waals surface area contributed by atoms with Crippen molar-refractivity contribution in [2.75, 3.05) is 5.73 Å². The minimum Gasteiger partial charge on any atom is -0.384 e. The summed E-state index contributed by atoms with van der Waals surface area (Å²) in [4.78, 5) is 4.24. The molecule has 0 saturated carbocycles. The number of hydrogen-bond donors (Lipinski definition) is 1. The molecule has 17 heavy (non-hydrogen) atoms. The largest absolute Gasteiger partial charge is 0.384 e. The highest BCUT2D eigenvalue weighted by molar-refractivity contribution is 5.84. The number of nitrogen functional groups attached to an aromatic ring is 1. The topological polar surface area (TPSA) is 56.7 Å². The summed E-state index contributed by atoms with van der Waals surface area (Å²) >= 11 is 0. The van der Waals surface area contributed by atoms with Crippen molar-refractivity contribution in [1.29, 1.82) is 0 Å². The molecule has 3 aromatic rings. The number of rotatable bonds is 2. The lowest BCUT2D eigenvalue weighted by Gasteiger charge is -2.07. The SMILES string of the molecule is Nc1ccnn1Cc1cncc2ccccc12. The predicted octanol–water partition coefficient (Wildman–Crippen LogP) is 2.06. The van der Waals surface area contributed by atoms with E-state index in [1.165, 1.54) is 5.39 Å². The Morgan fingerprint density at radius 3 is 2.82 bits per heavy atom. The highest BCUT2D eigenvalue weighted by Crippen LogP contribution is 2.18. The second-order valence-electron chi connectivity index (χ2n) is 3.93. The molecular weight excluding hydrogens is 212 g/mol. The summed E-state index contributed by atoms with van der Waals surface area (Å²) in [6.45, 7) is 0.646. The minimum absolute atomic E-state index is 0.646. The van der Waals surface area contributed by atoms with Gasteiger partial charge in [-0.2, -0.15) is 5.10 Å². The van der Waals surface area contributed by atoms with Crippen LogP contribution in [0.3, 0.4) is 0 Å². The van der Waals surface area contributed by atoms with E-state index >= 15 is 0 Å². The zero-order valence-electron chi connectivity index (χ0n) is 9.24. The molecule has 2 heterocycles. The van der Waals surface area contributed by atoms with Crippen LogP contribution in [0.5, 0.6) is 0 Å². The molecule has 0 spiro atoms. The van der Waals surface area contributed by atoms with Crippen LogP contribution in [0.4, 0.5) is 5.82 Å². The van der Waals surface area contributed by atoms with Crippen molar-refractivity contribution in [1.82, 2.24) is 14.8 Å². The highest BCUT2D eigenvalue weighted by Gasteiger charge is 2.04. The quantitative estimate of drug-likeness (QED) is 0.724. The molecule has 2 aromatic heterocycles. The van der Waals surface area contributed by atoms with E-state index in [1.54, 1.807) is 16.9 Å². The molecular formula is C13H12N4. The van der Waals surface area contributed by atoms with E-state index in [0.29, 0.717) is 12.4 Å². The summed E-state index contributed by atoms with van der Waals surface area (Å²) in [7, 11) is 0. The van der Waals surface area contributed by atoms with Gasteiger partial charge in [0.1, 0.15) is 5.82 Å². The van der Waals surface area contributed by atoms with E-state index in [1.807, 2.05) is 24.5 Å². The van der Waals surface area contributed by atoms with Crippen molar-refractivity contribution < 1.29 is 0 Å². The monoisotopic (exact) mass is 224 g/mol. The lowest BCUT2D eigenvalue weighted by atomic mass is 10.1. The Labute approximate surface area is 98.7 Å². The molecule has 0 saturated heterocycles. The van der Waals surface area contributed by atoms with Crippen LogP contribution in [0.1, 0.15) is 5.56 Å². The predicted molar refractivity (Wildman–Crippen MR) is 67.5 cm³/mol. The second kappa shape index (κ2) is 3.90. The number of aromatic nitrogens is 3. The Morgan fingerprint density at radius 2 is 2.00 bits per heavy atom. The Balaban J connectivity index is 2.09. The average Bonchev–Trinajstić information content (AvgIpc) is 2.76. The van der Waals surface area contributed by atoms with Gasteiger partial charge in [-0.05, 0) is 17.0 Å². The molecule has 2 N–H and O–H groups in total. The summed E-state index contributed by atoms with van der Waals surface area (Å²) < 4.78 is 1.77. The van der Waals surface area contributed by atoms with E-state index in [-0.39, 0.29) is 0 Å². The molecule has 0 aliphatic rings. The first-order valence-electron chi connectivity index (χ1n) is 5.43. The fourth-order valence-electron chi connectivity index (χ4n) is 1.94. The molecule has 0 unspecified atom stereocenters. The Hall–Kier alpha value is -2.36. The van der Waals surface area contributed by atoms with Gasteiger partial charge in [0.25, 0.3) is 0 Å². The van der Waals surface area contributed by atoms with Crippen LogP contribution in [-0.4, -0.2) is 14.8 Å². The molecule has 0 bridgehead atoms. The van der Waals surface area contributed by atoms with E-state index < -0.39 is 0 Å². The van der Waals surface area contributed by atoms with Gasteiger partial charge in [-0.1, -0.05) is 24.3 Å². The molecule has 4 heteroatoms. The van der Waals surface area contributed by atoms with Gasteiger partial charge in [0.05, 0.1) is 12.7 Å². The van der Waals surface area contributed by atoms with Gasteiger partial charge in [0.2, 0.25) is 0 Å². The maximum atomic E-state index is 5.81. The first-order chi connectivity index (χ1) is 8.34. The van der Waals surface area contributed by atoms with E-state index in [0.717, 1.165) is 10.9 Å². The van der Waals surface area contributed by atoms with Crippen LogP contribution < -0.4 is 5.73 Å². The highest BCUT2D eigenvalue weighted by atomic mass is 15.3. The van der Waals surface area contributed by atoms with Gasteiger partial charge in [0.15, 0.2) is 0 Å². The maximum absolute atomic E-state index is 5.81. The Bertz CT molecular complexity index is 652. The summed E-state index contributed by atoms with van der Waals surface area (Å²) in [5, 5.41) is 6.51.